The number of likely N-dealkylation sites (tertiary alicyclic amines) is 1. The molecular formula is C23H20Cl3N3O3. The molecule has 2 aliphatic heterocycles. The molecule has 0 bridgehead atoms. The maximum atomic E-state index is 12.9. The third-order valence-electron chi connectivity index (χ3n) is 5.49. The number of imide groups is 1. The fraction of sp³-hybridized carbons (Fsp3) is 0.261. The van der Waals surface area contributed by atoms with Crippen LogP contribution in [0, 0.1) is 0 Å². The van der Waals surface area contributed by atoms with Crippen LogP contribution in [0.25, 0.3) is 0 Å². The molecule has 0 aromatic heterocycles. The van der Waals surface area contributed by atoms with Crippen LogP contribution in [0.5, 0.6) is 0 Å². The lowest BCUT2D eigenvalue weighted by atomic mass is 10.1. The number of anilines is 2. The average molecular weight is 493 g/mol. The molecule has 2 heterocycles. The molecule has 3 amide bonds. The van der Waals surface area contributed by atoms with Crippen molar-refractivity contribution in [1.82, 2.24) is 4.90 Å². The van der Waals surface area contributed by atoms with E-state index in [0.717, 1.165) is 43.7 Å². The number of carbonyl (C=O) groups is 3. The van der Waals surface area contributed by atoms with Gasteiger partial charge in [-0.1, -0.05) is 53.7 Å². The zero-order chi connectivity index (χ0) is 22.8. The molecule has 0 spiro atoms. The maximum absolute atomic E-state index is 12.9. The van der Waals surface area contributed by atoms with Crippen molar-refractivity contribution in [1.29, 1.82) is 0 Å². The standard InChI is InChI=1S/C23H20Cl3N3O3/c24-16-6-5-7-17(18(16)25)29-22(31)19(26)20(23(29)32)27-15-10-8-14(9-11-15)21(30)28-12-3-1-2-4-13-28/h5-11,27H,1-4,12-13H2. The summed E-state index contributed by atoms with van der Waals surface area (Å²) in [5.41, 5.74) is 1.17. The number of nitrogens with one attached hydrogen (secondary N) is 1. The van der Waals surface area contributed by atoms with E-state index in [1.165, 1.54) is 6.07 Å². The summed E-state index contributed by atoms with van der Waals surface area (Å²) in [6, 6.07) is 11.4. The first kappa shape index (κ1) is 22.6. The highest BCUT2D eigenvalue weighted by molar-refractivity contribution is 6.54. The predicted octanol–water partition coefficient (Wildman–Crippen LogP) is 5.45. The molecule has 2 aliphatic rings. The van der Waals surface area contributed by atoms with Gasteiger partial charge in [-0.2, -0.15) is 0 Å². The Morgan fingerprint density at radius 2 is 1.50 bits per heavy atom. The van der Waals surface area contributed by atoms with Crippen LogP contribution in [0.15, 0.2) is 53.2 Å². The zero-order valence-corrected chi connectivity index (χ0v) is 19.3. The fourth-order valence-electron chi connectivity index (χ4n) is 3.79. The molecule has 2 aromatic carbocycles. The molecule has 9 heteroatoms. The van der Waals surface area contributed by atoms with Gasteiger partial charge < -0.3 is 10.2 Å². The van der Waals surface area contributed by atoms with Gasteiger partial charge in [0, 0.05) is 24.3 Å². The van der Waals surface area contributed by atoms with Crippen LogP contribution < -0.4 is 10.2 Å². The number of hydrogen-bond donors (Lipinski definition) is 1. The third-order valence-corrected chi connectivity index (χ3v) is 6.65. The highest BCUT2D eigenvalue weighted by Crippen LogP contribution is 2.37. The summed E-state index contributed by atoms with van der Waals surface area (Å²) in [6.45, 7) is 1.53. The van der Waals surface area contributed by atoms with Gasteiger partial charge in [-0.25, -0.2) is 4.90 Å². The van der Waals surface area contributed by atoms with Gasteiger partial charge >= 0.3 is 0 Å². The van der Waals surface area contributed by atoms with Crippen molar-refractivity contribution in [2.75, 3.05) is 23.3 Å². The smallest absolute Gasteiger partial charge is 0.283 e. The van der Waals surface area contributed by atoms with E-state index in [1.54, 1.807) is 36.4 Å². The van der Waals surface area contributed by atoms with Crippen molar-refractivity contribution in [3.05, 3.63) is 68.8 Å². The molecule has 1 saturated heterocycles. The van der Waals surface area contributed by atoms with Crippen molar-refractivity contribution in [3.8, 4) is 0 Å². The van der Waals surface area contributed by atoms with Gasteiger partial charge in [-0.05, 0) is 49.2 Å². The first-order valence-corrected chi connectivity index (χ1v) is 11.4. The topological polar surface area (TPSA) is 69.7 Å². The second-order valence-corrected chi connectivity index (χ2v) is 8.78. The molecule has 32 heavy (non-hydrogen) atoms. The summed E-state index contributed by atoms with van der Waals surface area (Å²) in [6.07, 6.45) is 4.32. The molecule has 166 valence electrons. The molecule has 1 N–H and O–H groups in total. The van der Waals surface area contributed by atoms with Crippen molar-refractivity contribution in [2.45, 2.75) is 25.7 Å². The second kappa shape index (κ2) is 9.53. The van der Waals surface area contributed by atoms with Crippen LogP contribution in [0.3, 0.4) is 0 Å². The Kier molecular flexibility index (Phi) is 6.74. The van der Waals surface area contributed by atoms with Crippen molar-refractivity contribution in [3.63, 3.8) is 0 Å². The van der Waals surface area contributed by atoms with Gasteiger partial charge in [-0.15, -0.1) is 0 Å². The molecule has 0 saturated carbocycles. The minimum absolute atomic E-state index is 0.00964. The molecule has 0 radical (unpaired) electrons. The predicted molar refractivity (Wildman–Crippen MR) is 126 cm³/mol. The van der Waals surface area contributed by atoms with E-state index in [2.05, 4.69) is 5.32 Å². The van der Waals surface area contributed by atoms with E-state index < -0.39 is 11.8 Å². The van der Waals surface area contributed by atoms with Gasteiger partial charge in [-0.3, -0.25) is 14.4 Å². The summed E-state index contributed by atoms with van der Waals surface area (Å²) >= 11 is 18.4. The minimum Gasteiger partial charge on any atom is -0.350 e. The lowest BCUT2D eigenvalue weighted by Crippen LogP contribution is -2.32. The molecule has 1 fully saturated rings. The summed E-state index contributed by atoms with van der Waals surface area (Å²) in [4.78, 5) is 41.1. The van der Waals surface area contributed by atoms with E-state index in [9.17, 15) is 14.4 Å². The molecule has 2 aromatic rings. The van der Waals surface area contributed by atoms with E-state index in [0.29, 0.717) is 11.3 Å². The summed E-state index contributed by atoms with van der Waals surface area (Å²) in [5.74, 6) is -1.35. The molecule has 0 atom stereocenters. The normalized spacial score (nSPS) is 17.1. The Bertz CT molecular complexity index is 1110. The Balaban J connectivity index is 1.51. The third kappa shape index (κ3) is 4.35. The first-order valence-electron chi connectivity index (χ1n) is 10.3. The number of benzene rings is 2. The lowest BCUT2D eigenvalue weighted by Gasteiger charge is -2.20. The van der Waals surface area contributed by atoms with Crippen LogP contribution in [0.1, 0.15) is 36.0 Å². The molecule has 4 rings (SSSR count). The van der Waals surface area contributed by atoms with Crippen LogP contribution in [0.2, 0.25) is 10.0 Å². The van der Waals surface area contributed by atoms with Crippen LogP contribution >= 0.6 is 34.8 Å². The Hall–Kier alpha value is -2.54. The minimum atomic E-state index is -0.698. The molecule has 0 aliphatic carbocycles. The van der Waals surface area contributed by atoms with E-state index in [4.69, 9.17) is 34.8 Å². The summed E-state index contributed by atoms with van der Waals surface area (Å²) in [7, 11) is 0. The van der Waals surface area contributed by atoms with Crippen LogP contribution in [-0.4, -0.2) is 35.7 Å². The number of halogens is 3. The average Bonchev–Trinajstić information content (AvgIpc) is 3.00. The quantitative estimate of drug-likeness (QED) is 0.577. The largest absolute Gasteiger partial charge is 0.350 e. The Morgan fingerprint density at radius 3 is 2.16 bits per heavy atom. The van der Waals surface area contributed by atoms with E-state index in [-0.39, 0.29) is 32.4 Å². The van der Waals surface area contributed by atoms with Gasteiger partial charge in [0.05, 0.1) is 15.7 Å². The highest BCUT2D eigenvalue weighted by Gasteiger charge is 2.40. The van der Waals surface area contributed by atoms with Gasteiger partial charge in [0.1, 0.15) is 10.7 Å². The van der Waals surface area contributed by atoms with Crippen LogP contribution in [0.4, 0.5) is 11.4 Å². The Morgan fingerprint density at radius 1 is 0.844 bits per heavy atom. The summed E-state index contributed by atoms with van der Waals surface area (Å²) < 4.78 is 0. The number of hydrogen-bond acceptors (Lipinski definition) is 4. The maximum Gasteiger partial charge on any atom is 0.283 e. The number of rotatable bonds is 4. The highest BCUT2D eigenvalue weighted by atomic mass is 35.5. The zero-order valence-electron chi connectivity index (χ0n) is 17.0. The molecule has 0 unspecified atom stereocenters. The number of amides is 3. The van der Waals surface area contributed by atoms with Crippen molar-refractivity contribution >= 4 is 63.9 Å². The summed E-state index contributed by atoms with van der Waals surface area (Å²) in [5, 5.41) is 2.94. The van der Waals surface area contributed by atoms with Crippen LogP contribution in [-0.2, 0) is 9.59 Å². The van der Waals surface area contributed by atoms with Gasteiger partial charge in [0.2, 0.25) is 0 Å². The fourth-order valence-corrected chi connectivity index (χ4v) is 4.38. The van der Waals surface area contributed by atoms with Crippen molar-refractivity contribution < 1.29 is 14.4 Å². The van der Waals surface area contributed by atoms with Gasteiger partial charge in [0.25, 0.3) is 17.7 Å². The number of carbonyl (C=O) groups excluding carboxylic acids is 3. The monoisotopic (exact) mass is 491 g/mol. The molecule has 6 nitrogen and oxygen atoms in total. The molecular weight excluding hydrogens is 473 g/mol. The van der Waals surface area contributed by atoms with E-state index >= 15 is 0 Å². The second-order valence-electron chi connectivity index (χ2n) is 7.62. The number of nitrogens with zero attached hydrogens (tertiary/aromatic N) is 2. The SMILES string of the molecule is O=C(c1ccc(NC2=C(Cl)C(=O)N(c3cccc(Cl)c3Cl)C2=O)cc1)N1CCCCCC1. The first-order chi connectivity index (χ1) is 15.4. The Labute approximate surface area is 200 Å². The van der Waals surface area contributed by atoms with E-state index in [1.807, 2.05) is 4.90 Å². The van der Waals surface area contributed by atoms with Crippen molar-refractivity contribution in [2.24, 2.45) is 0 Å². The lowest BCUT2D eigenvalue weighted by molar-refractivity contribution is -0.120. The van der Waals surface area contributed by atoms with Gasteiger partial charge in [0.15, 0.2) is 0 Å².